The van der Waals surface area contributed by atoms with Gasteiger partial charge in [-0.3, -0.25) is 0 Å². The highest BCUT2D eigenvalue weighted by atomic mass is 16.3. The number of hydrogen-bond donors (Lipinski definition) is 1. The Labute approximate surface area is 158 Å². The number of rotatable bonds is 9. The monoisotopic (exact) mass is 348 g/mol. The van der Waals surface area contributed by atoms with E-state index in [1.165, 1.54) is 30.4 Å². The Kier molecular flexibility index (Phi) is 5.67. The molecule has 1 aliphatic carbocycles. The molecule has 0 bridgehead atoms. The van der Waals surface area contributed by atoms with Crippen molar-refractivity contribution in [2.75, 3.05) is 0 Å². The van der Waals surface area contributed by atoms with Crippen molar-refractivity contribution in [3.63, 3.8) is 0 Å². The first kappa shape index (κ1) is 18.9. The lowest BCUT2D eigenvalue weighted by atomic mass is 9.73. The third-order valence-electron chi connectivity index (χ3n) is 6.57. The summed E-state index contributed by atoms with van der Waals surface area (Å²) < 4.78 is 0. The van der Waals surface area contributed by atoms with Crippen molar-refractivity contribution < 1.29 is 5.11 Å². The van der Waals surface area contributed by atoms with E-state index in [0.29, 0.717) is 0 Å². The molecule has 1 fully saturated rings. The number of aliphatic hydroxyl groups is 1. The van der Waals surface area contributed by atoms with Crippen LogP contribution in [0.4, 0.5) is 0 Å². The summed E-state index contributed by atoms with van der Waals surface area (Å²) in [5, 5.41) is 11.7. The molecule has 0 aliphatic heterocycles. The van der Waals surface area contributed by atoms with Crippen molar-refractivity contribution in [1.82, 2.24) is 0 Å². The minimum atomic E-state index is -0.410. The van der Waals surface area contributed by atoms with Crippen LogP contribution in [0.25, 0.3) is 0 Å². The summed E-state index contributed by atoms with van der Waals surface area (Å²) in [6.07, 6.45) is 7.18. The Bertz CT molecular complexity index is 668. The average Bonchev–Trinajstić information content (AvgIpc) is 3.28. The molecular formula is C25H32O. The van der Waals surface area contributed by atoms with Gasteiger partial charge >= 0.3 is 0 Å². The molecule has 1 saturated carbocycles. The fourth-order valence-electron chi connectivity index (χ4n) is 4.91. The van der Waals surface area contributed by atoms with Gasteiger partial charge in [0.25, 0.3) is 0 Å². The van der Waals surface area contributed by atoms with Crippen LogP contribution in [-0.4, -0.2) is 11.2 Å². The second kappa shape index (κ2) is 7.80. The van der Waals surface area contributed by atoms with Gasteiger partial charge in [0.2, 0.25) is 0 Å². The van der Waals surface area contributed by atoms with Crippen molar-refractivity contribution in [2.45, 2.75) is 58.0 Å². The fourth-order valence-corrected chi connectivity index (χ4v) is 4.91. The van der Waals surface area contributed by atoms with Crippen LogP contribution in [0.15, 0.2) is 73.3 Å². The van der Waals surface area contributed by atoms with Crippen LogP contribution in [0, 0.1) is 10.8 Å². The Balaban J connectivity index is 1.99. The van der Waals surface area contributed by atoms with Crippen molar-refractivity contribution in [2.24, 2.45) is 10.8 Å². The number of unbranched alkanes of at least 4 members (excludes halogenated alkanes) is 1. The maximum atomic E-state index is 11.7. The first-order valence-electron chi connectivity index (χ1n) is 9.97. The van der Waals surface area contributed by atoms with Crippen LogP contribution in [0.2, 0.25) is 0 Å². The van der Waals surface area contributed by atoms with Crippen molar-refractivity contribution >= 4 is 0 Å². The molecule has 1 nitrogen and oxygen atoms in total. The molecule has 2 aromatic carbocycles. The summed E-state index contributed by atoms with van der Waals surface area (Å²) in [5.41, 5.74) is 2.53. The zero-order valence-corrected chi connectivity index (χ0v) is 16.2. The van der Waals surface area contributed by atoms with Gasteiger partial charge in [-0.1, -0.05) is 93.4 Å². The molecule has 0 radical (unpaired) electrons. The predicted molar refractivity (Wildman–Crippen MR) is 110 cm³/mol. The molecule has 0 unspecified atom stereocenters. The molecular weight excluding hydrogens is 316 g/mol. The highest BCUT2D eigenvalue weighted by Gasteiger charge is 2.67. The van der Waals surface area contributed by atoms with Crippen LogP contribution in [0.1, 0.15) is 63.0 Å². The first-order chi connectivity index (χ1) is 12.6. The average molecular weight is 349 g/mol. The lowest BCUT2D eigenvalue weighted by Gasteiger charge is -2.34. The van der Waals surface area contributed by atoms with E-state index in [9.17, 15) is 5.11 Å². The molecule has 1 heteroatoms. The van der Waals surface area contributed by atoms with Crippen molar-refractivity contribution in [3.05, 3.63) is 84.4 Å². The Morgan fingerprint density at radius 3 is 2.04 bits per heavy atom. The first-order valence-corrected chi connectivity index (χ1v) is 9.97. The van der Waals surface area contributed by atoms with E-state index in [1.54, 1.807) is 0 Å². The molecule has 0 saturated heterocycles. The summed E-state index contributed by atoms with van der Waals surface area (Å²) >= 11 is 0. The SMILES string of the molecule is C=CC[C@@]1([C@H](O)C(c2ccccc2)c2ccccc2)C[C@@]1(C)CCCC. The fraction of sp³-hybridized carbons (Fsp3) is 0.440. The van der Waals surface area contributed by atoms with Gasteiger partial charge in [0.05, 0.1) is 6.10 Å². The summed E-state index contributed by atoms with van der Waals surface area (Å²) in [6, 6.07) is 21.0. The van der Waals surface area contributed by atoms with Crippen molar-refractivity contribution in [3.8, 4) is 0 Å². The quantitative estimate of drug-likeness (QED) is 0.524. The standard InChI is InChI=1S/C25H32O/c1-4-6-18-24(3)19-25(24,17-5-2)23(26)22(20-13-9-7-10-14-20)21-15-11-8-12-16-21/h5,7-16,22-23,26H,2,4,6,17-19H2,1,3H3/t23-,24-,25+/m1/s1. The molecule has 3 atom stereocenters. The van der Waals surface area contributed by atoms with E-state index in [-0.39, 0.29) is 16.7 Å². The largest absolute Gasteiger partial charge is 0.392 e. The minimum Gasteiger partial charge on any atom is -0.392 e. The summed E-state index contributed by atoms with van der Waals surface area (Å²) in [4.78, 5) is 0. The normalized spacial score (nSPS) is 25.8. The van der Waals surface area contributed by atoms with Gasteiger partial charge < -0.3 is 5.11 Å². The van der Waals surface area contributed by atoms with Crippen molar-refractivity contribution in [1.29, 1.82) is 0 Å². The Hall–Kier alpha value is -1.86. The number of benzene rings is 2. The molecule has 26 heavy (non-hydrogen) atoms. The van der Waals surface area contributed by atoms with Gasteiger partial charge in [-0.2, -0.15) is 0 Å². The van der Waals surface area contributed by atoms with Gasteiger partial charge in [-0.15, -0.1) is 6.58 Å². The minimum absolute atomic E-state index is 0.000742. The Morgan fingerprint density at radius 1 is 1.04 bits per heavy atom. The number of allylic oxidation sites excluding steroid dienone is 1. The van der Waals surface area contributed by atoms with Crippen LogP contribution >= 0.6 is 0 Å². The summed E-state index contributed by atoms with van der Waals surface area (Å²) in [5.74, 6) is 0.000742. The van der Waals surface area contributed by atoms with E-state index < -0.39 is 6.10 Å². The third-order valence-corrected chi connectivity index (χ3v) is 6.57. The molecule has 2 aromatic rings. The maximum absolute atomic E-state index is 11.7. The number of hydrogen-bond acceptors (Lipinski definition) is 1. The molecule has 3 rings (SSSR count). The second-order valence-electron chi connectivity index (χ2n) is 8.23. The molecule has 0 spiro atoms. The molecule has 138 valence electrons. The van der Waals surface area contributed by atoms with Crippen LogP contribution in [-0.2, 0) is 0 Å². The third kappa shape index (κ3) is 3.38. The maximum Gasteiger partial charge on any atom is 0.0713 e. The van der Waals surface area contributed by atoms with Crippen LogP contribution in [0.3, 0.4) is 0 Å². The second-order valence-corrected chi connectivity index (χ2v) is 8.23. The van der Waals surface area contributed by atoms with E-state index in [2.05, 4.69) is 69.0 Å². The van der Waals surface area contributed by atoms with E-state index >= 15 is 0 Å². The molecule has 0 heterocycles. The summed E-state index contributed by atoms with van der Waals surface area (Å²) in [6.45, 7) is 8.62. The lowest BCUT2D eigenvalue weighted by molar-refractivity contribution is 0.0522. The van der Waals surface area contributed by atoms with E-state index in [4.69, 9.17) is 0 Å². The van der Waals surface area contributed by atoms with Crippen LogP contribution < -0.4 is 0 Å². The topological polar surface area (TPSA) is 20.2 Å². The molecule has 1 N–H and O–H groups in total. The molecule has 0 amide bonds. The van der Waals surface area contributed by atoms with Gasteiger partial charge in [0.1, 0.15) is 0 Å². The van der Waals surface area contributed by atoms with Gasteiger partial charge in [-0.25, -0.2) is 0 Å². The number of aliphatic hydroxyl groups excluding tert-OH is 1. The highest BCUT2D eigenvalue weighted by molar-refractivity contribution is 5.36. The summed E-state index contributed by atoms with van der Waals surface area (Å²) in [7, 11) is 0. The lowest BCUT2D eigenvalue weighted by Crippen LogP contribution is -2.33. The zero-order valence-electron chi connectivity index (χ0n) is 16.2. The van der Waals surface area contributed by atoms with Crippen LogP contribution in [0.5, 0.6) is 0 Å². The smallest absolute Gasteiger partial charge is 0.0713 e. The molecule has 0 aromatic heterocycles. The highest BCUT2D eigenvalue weighted by Crippen LogP contribution is 2.71. The Morgan fingerprint density at radius 2 is 1.58 bits per heavy atom. The van der Waals surface area contributed by atoms with Gasteiger partial charge in [0.15, 0.2) is 0 Å². The van der Waals surface area contributed by atoms with E-state index in [0.717, 1.165) is 12.8 Å². The van der Waals surface area contributed by atoms with E-state index in [1.807, 2.05) is 18.2 Å². The predicted octanol–water partition coefficient (Wildman–Crippen LogP) is 6.34. The van der Waals surface area contributed by atoms with Gasteiger partial charge in [0, 0.05) is 11.3 Å². The zero-order chi connectivity index (χ0) is 18.6. The molecule has 1 aliphatic rings. The van der Waals surface area contributed by atoms with Gasteiger partial charge in [-0.05, 0) is 35.8 Å².